The molecule has 1 aromatic heterocycles. The van der Waals surface area contributed by atoms with Crippen molar-refractivity contribution in [3.8, 4) is 11.3 Å². The van der Waals surface area contributed by atoms with Crippen LogP contribution in [0.3, 0.4) is 0 Å². The van der Waals surface area contributed by atoms with E-state index in [1.54, 1.807) is 11.3 Å². The average Bonchev–Trinajstić information content (AvgIpc) is 2.78. The summed E-state index contributed by atoms with van der Waals surface area (Å²) in [4.78, 5) is 6.76. The van der Waals surface area contributed by atoms with Crippen LogP contribution in [0.25, 0.3) is 11.3 Å². The highest BCUT2D eigenvalue weighted by molar-refractivity contribution is 7.10. The van der Waals surface area contributed by atoms with Gasteiger partial charge in [0.15, 0.2) is 0 Å². The first kappa shape index (κ1) is 12.1. The predicted octanol–water partition coefficient (Wildman–Crippen LogP) is 4.00. The normalized spacial score (nSPS) is 10.9. The predicted molar refractivity (Wildman–Crippen MR) is 76.0 cm³/mol. The van der Waals surface area contributed by atoms with Gasteiger partial charge in [0.2, 0.25) is 0 Å². The molecular formula is C14H18N2S. The Morgan fingerprint density at radius 2 is 1.76 bits per heavy atom. The summed E-state index contributed by atoms with van der Waals surface area (Å²) in [6.45, 7) is 4.36. The number of nitrogens with zero attached hydrogens (tertiary/aromatic N) is 2. The largest absolute Gasteiger partial charge is 0.378 e. The molecule has 0 aliphatic heterocycles. The van der Waals surface area contributed by atoms with Gasteiger partial charge in [-0.3, -0.25) is 0 Å². The lowest BCUT2D eigenvalue weighted by Crippen LogP contribution is -2.07. The summed E-state index contributed by atoms with van der Waals surface area (Å²) >= 11 is 1.74. The number of rotatable bonds is 3. The van der Waals surface area contributed by atoms with Gasteiger partial charge in [-0.05, 0) is 12.1 Å². The third-order valence-corrected chi connectivity index (χ3v) is 3.84. The van der Waals surface area contributed by atoms with Gasteiger partial charge < -0.3 is 4.90 Å². The quantitative estimate of drug-likeness (QED) is 0.813. The number of thiazole rings is 1. The summed E-state index contributed by atoms with van der Waals surface area (Å²) in [7, 11) is 4.10. The van der Waals surface area contributed by atoms with E-state index in [0.717, 1.165) is 5.69 Å². The van der Waals surface area contributed by atoms with Gasteiger partial charge in [-0.25, -0.2) is 4.98 Å². The van der Waals surface area contributed by atoms with Crippen LogP contribution in [0.15, 0.2) is 29.6 Å². The Morgan fingerprint density at radius 3 is 2.24 bits per heavy atom. The van der Waals surface area contributed by atoms with Crippen LogP contribution < -0.4 is 4.90 Å². The van der Waals surface area contributed by atoms with Crippen LogP contribution >= 0.6 is 11.3 Å². The Bertz CT molecular complexity index is 483. The van der Waals surface area contributed by atoms with Crippen molar-refractivity contribution in [2.24, 2.45) is 0 Å². The van der Waals surface area contributed by atoms with E-state index in [4.69, 9.17) is 0 Å². The van der Waals surface area contributed by atoms with Crippen molar-refractivity contribution in [1.29, 1.82) is 0 Å². The van der Waals surface area contributed by atoms with Gasteiger partial charge >= 0.3 is 0 Å². The van der Waals surface area contributed by atoms with E-state index in [9.17, 15) is 0 Å². The van der Waals surface area contributed by atoms with Gasteiger partial charge in [-0.15, -0.1) is 11.3 Å². The van der Waals surface area contributed by atoms with Crippen LogP contribution in [0.2, 0.25) is 0 Å². The van der Waals surface area contributed by atoms with E-state index in [2.05, 4.69) is 67.5 Å². The molecule has 0 N–H and O–H groups in total. The molecule has 0 spiro atoms. The third-order valence-electron chi connectivity index (χ3n) is 2.70. The molecule has 0 aliphatic rings. The highest BCUT2D eigenvalue weighted by Crippen LogP contribution is 2.27. The fraction of sp³-hybridized carbons (Fsp3) is 0.357. The maximum Gasteiger partial charge on any atom is 0.0958 e. The van der Waals surface area contributed by atoms with E-state index >= 15 is 0 Å². The smallest absolute Gasteiger partial charge is 0.0958 e. The highest BCUT2D eigenvalue weighted by atomic mass is 32.1. The third kappa shape index (κ3) is 2.67. The van der Waals surface area contributed by atoms with Crippen LogP contribution in [0.5, 0.6) is 0 Å². The molecule has 1 aromatic carbocycles. The molecule has 0 saturated heterocycles. The number of hydrogen-bond acceptors (Lipinski definition) is 3. The van der Waals surface area contributed by atoms with Gasteiger partial charge in [-0.1, -0.05) is 26.0 Å². The standard InChI is InChI=1S/C14H18N2S/c1-10(2)14-15-13(9-17-14)11-5-7-12(8-6-11)16(3)4/h5-10H,1-4H3. The summed E-state index contributed by atoms with van der Waals surface area (Å²) < 4.78 is 0. The van der Waals surface area contributed by atoms with Crippen molar-refractivity contribution in [2.45, 2.75) is 19.8 Å². The van der Waals surface area contributed by atoms with Crippen molar-refractivity contribution < 1.29 is 0 Å². The van der Waals surface area contributed by atoms with E-state index in [0.29, 0.717) is 5.92 Å². The Labute approximate surface area is 107 Å². The lowest BCUT2D eigenvalue weighted by molar-refractivity contribution is 0.853. The van der Waals surface area contributed by atoms with Crippen molar-refractivity contribution in [3.63, 3.8) is 0 Å². The molecule has 2 rings (SSSR count). The maximum absolute atomic E-state index is 4.66. The second-order valence-electron chi connectivity index (χ2n) is 4.67. The monoisotopic (exact) mass is 246 g/mol. The number of benzene rings is 1. The van der Waals surface area contributed by atoms with Crippen LogP contribution in [0, 0.1) is 0 Å². The molecule has 0 radical (unpaired) electrons. The zero-order chi connectivity index (χ0) is 12.4. The molecule has 0 atom stereocenters. The molecule has 0 amide bonds. The summed E-state index contributed by atoms with van der Waals surface area (Å²) in [6.07, 6.45) is 0. The zero-order valence-corrected chi connectivity index (χ0v) is 11.6. The minimum atomic E-state index is 0.509. The first-order valence-electron chi connectivity index (χ1n) is 5.81. The van der Waals surface area contributed by atoms with Gasteiger partial charge in [0.25, 0.3) is 0 Å². The molecule has 90 valence electrons. The number of aromatic nitrogens is 1. The number of hydrogen-bond donors (Lipinski definition) is 0. The lowest BCUT2D eigenvalue weighted by atomic mass is 10.1. The lowest BCUT2D eigenvalue weighted by Gasteiger charge is -2.12. The van der Waals surface area contributed by atoms with Crippen LogP contribution in [0.4, 0.5) is 5.69 Å². The average molecular weight is 246 g/mol. The van der Waals surface area contributed by atoms with Crippen LogP contribution in [-0.2, 0) is 0 Å². The summed E-state index contributed by atoms with van der Waals surface area (Å²) in [5.41, 5.74) is 3.50. The summed E-state index contributed by atoms with van der Waals surface area (Å²) in [5, 5.41) is 3.34. The van der Waals surface area contributed by atoms with Crippen molar-refractivity contribution in [1.82, 2.24) is 4.98 Å². The first-order chi connectivity index (χ1) is 8.08. The van der Waals surface area contributed by atoms with Crippen LogP contribution in [0.1, 0.15) is 24.8 Å². The molecule has 0 unspecified atom stereocenters. The van der Waals surface area contributed by atoms with Gasteiger partial charge in [0.1, 0.15) is 0 Å². The molecule has 1 heterocycles. The molecule has 0 fully saturated rings. The summed E-state index contributed by atoms with van der Waals surface area (Å²) in [6, 6.07) is 8.52. The molecule has 17 heavy (non-hydrogen) atoms. The second kappa shape index (κ2) is 4.88. The Kier molecular flexibility index (Phi) is 3.48. The van der Waals surface area contributed by atoms with Gasteiger partial charge in [0, 0.05) is 36.6 Å². The molecular weight excluding hydrogens is 228 g/mol. The zero-order valence-electron chi connectivity index (χ0n) is 10.8. The molecule has 2 nitrogen and oxygen atoms in total. The number of anilines is 1. The minimum absolute atomic E-state index is 0.509. The topological polar surface area (TPSA) is 16.1 Å². The van der Waals surface area contributed by atoms with Gasteiger partial charge in [0.05, 0.1) is 10.7 Å². The van der Waals surface area contributed by atoms with Crippen molar-refractivity contribution in [3.05, 3.63) is 34.7 Å². The first-order valence-corrected chi connectivity index (χ1v) is 6.69. The molecule has 0 bridgehead atoms. The molecule has 3 heteroatoms. The van der Waals surface area contributed by atoms with Gasteiger partial charge in [-0.2, -0.15) is 0 Å². The van der Waals surface area contributed by atoms with E-state index in [1.807, 2.05) is 0 Å². The van der Waals surface area contributed by atoms with Crippen molar-refractivity contribution in [2.75, 3.05) is 19.0 Å². The molecule has 0 aliphatic carbocycles. The van der Waals surface area contributed by atoms with E-state index < -0.39 is 0 Å². The minimum Gasteiger partial charge on any atom is -0.378 e. The second-order valence-corrected chi connectivity index (χ2v) is 5.56. The Hall–Kier alpha value is -1.35. The van der Waals surface area contributed by atoms with E-state index in [-0.39, 0.29) is 0 Å². The fourth-order valence-corrected chi connectivity index (χ4v) is 2.46. The SMILES string of the molecule is CC(C)c1nc(-c2ccc(N(C)C)cc2)cs1. The van der Waals surface area contributed by atoms with Crippen LogP contribution in [-0.4, -0.2) is 19.1 Å². The highest BCUT2D eigenvalue weighted by Gasteiger charge is 2.07. The Balaban J connectivity index is 2.27. The van der Waals surface area contributed by atoms with E-state index in [1.165, 1.54) is 16.3 Å². The molecule has 2 aromatic rings. The maximum atomic E-state index is 4.66. The van der Waals surface area contributed by atoms with Crippen molar-refractivity contribution >= 4 is 17.0 Å². The summed E-state index contributed by atoms with van der Waals surface area (Å²) in [5.74, 6) is 0.509. The Morgan fingerprint density at radius 1 is 1.12 bits per heavy atom. The fourth-order valence-electron chi connectivity index (χ4n) is 1.62. The molecule has 0 saturated carbocycles.